The minimum Gasteiger partial charge on any atom is -0.349 e. The molecule has 0 saturated carbocycles. The van der Waals surface area contributed by atoms with E-state index >= 15 is 0 Å². The zero-order valence-corrected chi connectivity index (χ0v) is 12.8. The van der Waals surface area contributed by atoms with Crippen LogP contribution >= 0.6 is 15.9 Å². The number of rotatable bonds is 6. The summed E-state index contributed by atoms with van der Waals surface area (Å²) in [7, 11) is 0. The van der Waals surface area contributed by atoms with E-state index < -0.39 is 0 Å². The third kappa shape index (κ3) is 4.78. The first-order valence-electron chi connectivity index (χ1n) is 6.31. The third-order valence-corrected chi connectivity index (χ3v) is 3.52. The van der Waals surface area contributed by atoms with E-state index in [9.17, 15) is 4.79 Å². The number of benzene rings is 1. The Morgan fingerprint density at radius 2 is 2.00 bits per heavy atom. The summed E-state index contributed by atoms with van der Waals surface area (Å²) in [6.45, 7) is 6.94. The van der Waals surface area contributed by atoms with Gasteiger partial charge in [0.2, 0.25) is 5.91 Å². The van der Waals surface area contributed by atoms with Crippen molar-refractivity contribution in [1.29, 1.82) is 0 Å². The summed E-state index contributed by atoms with van der Waals surface area (Å²) >= 11 is 3.50. The molecular weight excluding hydrogens is 292 g/mol. The monoisotopic (exact) mass is 312 g/mol. The van der Waals surface area contributed by atoms with Crippen LogP contribution in [0.25, 0.3) is 0 Å². The van der Waals surface area contributed by atoms with E-state index in [1.807, 2.05) is 45.0 Å². The van der Waals surface area contributed by atoms with Gasteiger partial charge in [-0.2, -0.15) is 0 Å². The quantitative estimate of drug-likeness (QED) is 0.847. The van der Waals surface area contributed by atoms with E-state index in [1.165, 1.54) is 0 Å². The maximum absolute atomic E-state index is 11.9. The first kappa shape index (κ1) is 15.2. The van der Waals surface area contributed by atoms with Gasteiger partial charge in [0.1, 0.15) is 0 Å². The average Bonchev–Trinajstić information content (AvgIpc) is 2.29. The van der Waals surface area contributed by atoms with Crippen molar-refractivity contribution in [2.45, 2.75) is 39.3 Å². The van der Waals surface area contributed by atoms with Gasteiger partial charge in [0.25, 0.3) is 0 Å². The van der Waals surface area contributed by atoms with Gasteiger partial charge in [-0.25, -0.2) is 0 Å². The molecule has 0 fully saturated rings. The summed E-state index contributed by atoms with van der Waals surface area (Å²) in [5.74, 6) is 0.0757. The van der Waals surface area contributed by atoms with E-state index in [4.69, 9.17) is 0 Å². The van der Waals surface area contributed by atoms with Crippen LogP contribution in [-0.2, 0) is 4.79 Å². The van der Waals surface area contributed by atoms with Gasteiger partial charge in [0, 0.05) is 16.9 Å². The molecule has 1 aromatic rings. The molecule has 0 saturated heterocycles. The molecule has 1 amide bonds. The molecule has 18 heavy (non-hydrogen) atoms. The van der Waals surface area contributed by atoms with Gasteiger partial charge in [0.05, 0.1) is 6.04 Å². The van der Waals surface area contributed by atoms with Crippen LogP contribution in [0.5, 0.6) is 0 Å². The van der Waals surface area contributed by atoms with Gasteiger partial charge >= 0.3 is 0 Å². The SMILES string of the molecule is CCNC(C)CC(=O)N[C@@H](C)c1ccccc1Br. The fourth-order valence-electron chi connectivity index (χ4n) is 1.90. The van der Waals surface area contributed by atoms with E-state index in [-0.39, 0.29) is 18.0 Å². The van der Waals surface area contributed by atoms with Crippen LogP contribution in [0.2, 0.25) is 0 Å². The lowest BCUT2D eigenvalue weighted by Gasteiger charge is -2.18. The van der Waals surface area contributed by atoms with Crippen molar-refractivity contribution in [2.75, 3.05) is 6.54 Å². The highest BCUT2D eigenvalue weighted by Crippen LogP contribution is 2.22. The topological polar surface area (TPSA) is 41.1 Å². The molecule has 0 heterocycles. The van der Waals surface area contributed by atoms with Gasteiger partial charge in [-0.1, -0.05) is 41.1 Å². The number of carbonyl (C=O) groups is 1. The Morgan fingerprint density at radius 3 is 2.61 bits per heavy atom. The zero-order valence-electron chi connectivity index (χ0n) is 11.2. The molecule has 0 aliphatic rings. The molecular formula is C14H21BrN2O. The van der Waals surface area contributed by atoms with Gasteiger partial charge < -0.3 is 10.6 Å². The van der Waals surface area contributed by atoms with Crippen molar-refractivity contribution in [1.82, 2.24) is 10.6 Å². The second kappa shape index (κ2) is 7.54. The minimum absolute atomic E-state index is 0.0156. The van der Waals surface area contributed by atoms with Crippen LogP contribution in [0.1, 0.15) is 38.8 Å². The molecule has 0 aliphatic carbocycles. The van der Waals surface area contributed by atoms with Crippen molar-refractivity contribution >= 4 is 21.8 Å². The van der Waals surface area contributed by atoms with Crippen LogP contribution < -0.4 is 10.6 Å². The lowest BCUT2D eigenvalue weighted by Crippen LogP contribution is -2.34. The number of carbonyl (C=O) groups excluding carboxylic acids is 1. The van der Waals surface area contributed by atoms with Gasteiger partial charge in [0.15, 0.2) is 0 Å². The Kier molecular flexibility index (Phi) is 6.36. The smallest absolute Gasteiger partial charge is 0.222 e. The summed E-state index contributed by atoms with van der Waals surface area (Å²) in [6, 6.07) is 8.17. The van der Waals surface area contributed by atoms with Crippen LogP contribution in [0.4, 0.5) is 0 Å². The molecule has 1 rings (SSSR count). The Labute approximate surface area is 117 Å². The highest BCUT2D eigenvalue weighted by Gasteiger charge is 2.13. The van der Waals surface area contributed by atoms with Crippen LogP contribution in [0, 0.1) is 0 Å². The van der Waals surface area contributed by atoms with Crippen molar-refractivity contribution < 1.29 is 4.79 Å². The molecule has 100 valence electrons. The predicted molar refractivity (Wildman–Crippen MR) is 78.5 cm³/mol. The molecule has 2 N–H and O–H groups in total. The lowest BCUT2D eigenvalue weighted by atomic mass is 10.1. The van der Waals surface area contributed by atoms with Crippen LogP contribution in [0.3, 0.4) is 0 Å². The number of nitrogens with one attached hydrogen (secondary N) is 2. The molecule has 4 heteroatoms. The minimum atomic E-state index is 0.0156. The van der Waals surface area contributed by atoms with Crippen molar-refractivity contribution in [3.8, 4) is 0 Å². The normalized spacial score (nSPS) is 14.0. The van der Waals surface area contributed by atoms with Gasteiger partial charge in [-0.3, -0.25) is 4.79 Å². The molecule has 0 aromatic heterocycles. The second-order valence-electron chi connectivity index (χ2n) is 4.47. The van der Waals surface area contributed by atoms with E-state index in [0.717, 1.165) is 16.6 Å². The Hall–Kier alpha value is -0.870. The molecule has 0 radical (unpaired) electrons. The van der Waals surface area contributed by atoms with E-state index in [1.54, 1.807) is 0 Å². The number of amides is 1. The fourth-order valence-corrected chi connectivity index (χ4v) is 2.53. The standard InChI is InChI=1S/C14H21BrN2O/c1-4-16-10(2)9-14(18)17-11(3)12-7-5-6-8-13(12)15/h5-8,10-11,16H,4,9H2,1-3H3,(H,17,18)/t10?,11-/m0/s1. The number of hydrogen-bond acceptors (Lipinski definition) is 2. The highest BCUT2D eigenvalue weighted by atomic mass is 79.9. The molecule has 2 atom stereocenters. The zero-order chi connectivity index (χ0) is 13.5. The van der Waals surface area contributed by atoms with Crippen molar-refractivity contribution in [2.24, 2.45) is 0 Å². The Bertz CT molecular complexity index is 395. The predicted octanol–water partition coefficient (Wildman–Crippen LogP) is 3.01. The van der Waals surface area contributed by atoms with Crippen LogP contribution in [-0.4, -0.2) is 18.5 Å². The summed E-state index contributed by atoms with van der Waals surface area (Å²) in [5.41, 5.74) is 1.10. The fraction of sp³-hybridized carbons (Fsp3) is 0.500. The highest BCUT2D eigenvalue weighted by molar-refractivity contribution is 9.10. The molecule has 0 spiro atoms. The van der Waals surface area contributed by atoms with Crippen molar-refractivity contribution in [3.63, 3.8) is 0 Å². The van der Waals surface area contributed by atoms with E-state index in [0.29, 0.717) is 6.42 Å². The molecule has 0 bridgehead atoms. The number of hydrogen-bond donors (Lipinski definition) is 2. The second-order valence-corrected chi connectivity index (χ2v) is 5.33. The summed E-state index contributed by atoms with van der Waals surface area (Å²) in [5, 5.41) is 6.25. The third-order valence-electron chi connectivity index (χ3n) is 2.79. The molecule has 1 unspecified atom stereocenters. The Morgan fingerprint density at radius 1 is 1.33 bits per heavy atom. The maximum Gasteiger partial charge on any atom is 0.222 e. The largest absolute Gasteiger partial charge is 0.349 e. The summed E-state index contributed by atoms with van der Waals surface area (Å²) < 4.78 is 1.03. The van der Waals surface area contributed by atoms with Gasteiger partial charge in [-0.15, -0.1) is 0 Å². The Balaban J connectivity index is 2.52. The first-order valence-corrected chi connectivity index (χ1v) is 7.11. The lowest BCUT2D eigenvalue weighted by molar-refractivity contribution is -0.122. The van der Waals surface area contributed by atoms with Crippen molar-refractivity contribution in [3.05, 3.63) is 34.3 Å². The van der Waals surface area contributed by atoms with Crippen LogP contribution in [0.15, 0.2) is 28.7 Å². The summed E-state index contributed by atoms with van der Waals surface area (Å²) in [6.07, 6.45) is 0.503. The maximum atomic E-state index is 11.9. The first-order chi connectivity index (χ1) is 8.54. The molecule has 3 nitrogen and oxygen atoms in total. The average molecular weight is 313 g/mol. The summed E-state index contributed by atoms with van der Waals surface area (Å²) in [4.78, 5) is 11.9. The van der Waals surface area contributed by atoms with E-state index in [2.05, 4.69) is 26.6 Å². The number of halogens is 1. The molecule has 1 aromatic carbocycles. The van der Waals surface area contributed by atoms with Gasteiger partial charge in [-0.05, 0) is 32.0 Å². The molecule has 0 aliphatic heterocycles.